The Kier molecular flexibility index (Phi) is 6.67. The largest absolute Gasteiger partial charge is 0.493 e. The number of nitrogens with one attached hydrogen (secondary N) is 2. The van der Waals surface area contributed by atoms with E-state index in [2.05, 4.69) is 10.6 Å². The second kappa shape index (κ2) is 8.96. The molecular weight excluding hydrogens is 300 g/mol. The van der Waals surface area contributed by atoms with Crippen molar-refractivity contribution < 1.29 is 9.53 Å². The van der Waals surface area contributed by atoms with Gasteiger partial charge in [-0.05, 0) is 43.9 Å². The summed E-state index contributed by atoms with van der Waals surface area (Å²) in [5.41, 5.74) is 3.36. The lowest BCUT2D eigenvalue weighted by Gasteiger charge is -2.15. The highest BCUT2D eigenvalue weighted by Crippen LogP contribution is 2.22. The van der Waals surface area contributed by atoms with E-state index in [0.717, 1.165) is 28.9 Å². The molecule has 0 saturated heterocycles. The molecule has 0 bridgehead atoms. The van der Waals surface area contributed by atoms with Gasteiger partial charge in [0.15, 0.2) is 0 Å². The van der Waals surface area contributed by atoms with Crippen LogP contribution in [0.25, 0.3) is 0 Å². The Hall–Kier alpha value is -2.49. The van der Waals surface area contributed by atoms with Crippen molar-refractivity contribution in [2.75, 3.05) is 13.2 Å². The van der Waals surface area contributed by atoms with E-state index >= 15 is 0 Å². The smallest absolute Gasteiger partial charge is 0.315 e. The molecule has 1 atom stereocenters. The van der Waals surface area contributed by atoms with Crippen LogP contribution in [0.15, 0.2) is 48.5 Å². The van der Waals surface area contributed by atoms with Crippen LogP contribution in [0.2, 0.25) is 0 Å². The van der Waals surface area contributed by atoms with Gasteiger partial charge in [-0.15, -0.1) is 0 Å². The summed E-state index contributed by atoms with van der Waals surface area (Å²) in [6.07, 6.45) is 0.765. The number of aryl methyl sites for hydroxylation is 2. The maximum absolute atomic E-state index is 11.9. The van der Waals surface area contributed by atoms with Crippen LogP contribution in [-0.4, -0.2) is 19.2 Å². The molecule has 0 aliphatic carbocycles. The van der Waals surface area contributed by atoms with Crippen LogP contribution in [0.4, 0.5) is 4.79 Å². The van der Waals surface area contributed by atoms with Crippen LogP contribution < -0.4 is 15.4 Å². The second-order valence-electron chi connectivity index (χ2n) is 5.96. The lowest BCUT2D eigenvalue weighted by molar-refractivity contribution is 0.236. The third-order valence-electron chi connectivity index (χ3n) is 3.91. The number of hydrogen-bond acceptors (Lipinski definition) is 2. The minimum Gasteiger partial charge on any atom is -0.493 e. The SMILES string of the molecule is Cc1cccc(C)c1OCCCNC(=O)NC(C)c1ccccc1. The Labute approximate surface area is 144 Å². The van der Waals surface area contributed by atoms with Crippen molar-refractivity contribution in [3.63, 3.8) is 0 Å². The molecule has 0 heterocycles. The quantitative estimate of drug-likeness (QED) is 0.752. The fraction of sp³-hybridized carbons (Fsp3) is 0.350. The first-order valence-electron chi connectivity index (χ1n) is 8.36. The number of carbonyl (C=O) groups excluding carboxylic acids is 1. The monoisotopic (exact) mass is 326 g/mol. The van der Waals surface area contributed by atoms with Crippen LogP contribution in [0.1, 0.15) is 36.1 Å². The fourth-order valence-electron chi connectivity index (χ4n) is 2.55. The standard InChI is InChI=1S/C20H26N2O2/c1-15-9-7-10-16(2)19(15)24-14-8-13-21-20(23)22-17(3)18-11-5-4-6-12-18/h4-7,9-12,17H,8,13-14H2,1-3H3,(H2,21,22,23). The van der Waals surface area contributed by atoms with Crippen molar-refractivity contribution in [1.29, 1.82) is 0 Å². The molecule has 2 aromatic carbocycles. The highest BCUT2D eigenvalue weighted by molar-refractivity contribution is 5.74. The number of rotatable bonds is 7. The van der Waals surface area contributed by atoms with E-state index in [1.54, 1.807) is 0 Å². The molecule has 2 amide bonds. The van der Waals surface area contributed by atoms with Gasteiger partial charge < -0.3 is 15.4 Å². The number of carbonyl (C=O) groups is 1. The zero-order valence-corrected chi connectivity index (χ0v) is 14.6. The molecule has 0 radical (unpaired) electrons. The van der Waals surface area contributed by atoms with Crippen molar-refractivity contribution >= 4 is 6.03 Å². The topological polar surface area (TPSA) is 50.4 Å². The summed E-state index contributed by atoms with van der Waals surface area (Å²) in [4.78, 5) is 11.9. The van der Waals surface area contributed by atoms with E-state index in [4.69, 9.17) is 4.74 Å². The highest BCUT2D eigenvalue weighted by Gasteiger charge is 2.08. The van der Waals surface area contributed by atoms with Crippen molar-refractivity contribution in [1.82, 2.24) is 10.6 Å². The lowest BCUT2D eigenvalue weighted by Crippen LogP contribution is -2.37. The maximum Gasteiger partial charge on any atom is 0.315 e. The van der Waals surface area contributed by atoms with E-state index in [1.165, 1.54) is 0 Å². The average Bonchev–Trinajstić information content (AvgIpc) is 2.57. The number of urea groups is 1. The van der Waals surface area contributed by atoms with Crippen LogP contribution in [-0.2, 0) is 0 Å². The Morgan fingerprint density at radius 1 is 1.04 bits per heavy atom. The Morgan fingerprint density at radius 3 is 2.38 bits per heavy atom. The van der Waals surface area contributed by atoms with Crippen LogP contribution in [0, 0.1) is 13.8 Å². The highest BCUT2D eigenvalue weighted by atomic mass is 16.5. The molecular formula is C20H26N2O2. The molecule has 2 N–H and O–H groups in total. The minimum absolute atomic E-state index is 0.0166. The molecule has 128 valence electrons. The zero-order chi connectivity index (χ0) is 17.4. The number of ether oxygens (including phenoxy) is 1. The fourth-order valence-corrected chi connectivity index (χ4v) is 2.55. The zero-order valence-electron chi connectivity index (χ0n) is 14.6. The molecule has 4 heteroatoms. The Bertz CT molecular complexity index is 636. The summed E-state index contributed by atoms with van der Waals surface area (Å²) in [5.74, 6) is 0.944. The lowest BCUT2D eigenvalue weighted by atomic mass is 10.1. The summed E-state index contributed by atoms with van der Waals surface area (Å²) >= 11 is 0. The molecule has 1 unspecified atom stereocenters. The molecule has 24 heavy (non-hydrogen) atoms. The molecule has 0 aromatic heterocycles. The van der Waals surface area contributed by atoms with E-state index < -0.39 is 0 Å². The molecule has 4 nitrogen and oxygen atoms in total. The molecule has 0 spiro atoms. The number of para-hydroxylation sites is 1. The van der Waals surface area contributed by atoms with Crippen molar-refractivity contribution in [3.8, 4) is 5.75 Å². The summed E-state index contributed by atoms with van der Waals surface area (Å²) in [5, 5.41) is 5.80. The van der Waals surface area contributed by atoms with Gasteiger partial charge >= 0.3 is 6.03 Å². The first kappa shape index (κ1) is 17.9. The number of amides is 2. The molecule has 0 fully saturated rings. The van der Waals surface area contributed by atoms with Crippen molar-refractivity contribution in [3.05, 3.63) is 65.2 Å². The summed E-state index contributed by atoms with van der Waals surface area (Å²) in [6, 6.07) is 15.8. The van der Waals surface area contributed by atoms with Crippen molar-refractivity contribution in [2.24, 2.45) is 0 Å². The molecule has 2 rings (SSSR count). The van der Waals surface area contributed by atoms with Gasteiger partial charge in [0, 0.05) is 6.54 Å². The van der Waals surface area contributed by atoms with Crippen LogP contribution >= 0.6 is 0 Å². The van der Waals surface area contributed by atoms with Gasteiger partial charge in [-0.25, -0.2) is 4.79 Å². The van der Waals surface area contributed by atoms with Gasteiger partial charge in [-0.3, -0.25) is 0 Å². The van der Waals surface area contributed by atoms with Gasteiger partial charge in [-0.1, -0.05) is 48.5 Å². The maximum atomic E-state index is 11.9. The Morgan fingerprint density at radius 2 is 1.71 bits per heavy atom. The van der Waals surface area contributed by atoms with Crippen LogP contribution in [0.3, 0.4) is 0 Å². The summed E-state index contributed by atoms with van der Waals surface area (Å²) in [7, 11) is 0. The predicted molar refractivity (Wildman–Crippen MR) is 97.4 cm³/mol. The van der Waals surface area contributed by atoms with Crippen LogP contribution in [0.5, 0.6) is 5.75 Å². The summed E-state index contributed by atoms with van der Waals surface area (Å²) in [6.45, 7) is 7.22. The Balaban J connectivity index is 1.66. The minimum atomic E-state index is -0.154. The third kappa shape index (κ3) is 5.30. The van der Waals surface area contributed by atoms with E-state index in [-0.39, 0.29) is 12.1 Å². The van der Waals surface area contributed by atoms with Gasteiger partial charge in [0.05, 0.1) is 12.6 Å². The molecule has 0 aliphatic heterocycles. The van der Waals surface area contributed by atoms with Gasteiger partial charge in [-0.2, -0.15) is 0 Å². The number of benzene rings is 2. The molecule has 0 saturated carbocycles. The molecule has 0 aliphatic rings. The van der Waals surface area contributed by atoms with Gasteiger partial charge in [0.1, 0.15) is 5.75 Å². The van der Waals surface area contributed by atoms with E-state index in [9.17, 15) is 4.79 Å². The van der Waals surface area contributed by atoms with Crippen molar-refractivity contribution in [2.45, 2.75) is 33.2 Å². The van der Waals surface area contributed by atoms with E-state index in [1.807, 2.05) is 69.3 Å². The third-order valence-corrected chi connectivity index (χ3v) is 3.91. The van der Waals surface area contributed by atoms with Gasteiger partial charge in [0.25, 0.3) is 0 Å². The predicted octanol–water partition coefficient (Wildman–Crippen LogP) is 4.13. The second-order valence-corrected chi connectivity index (χ2v) is 5.96. The molecule has 2 aromatic rings. The summed E-state index contributed by atoms with van der Waals surface area (Å²) < 4.78 is 5.83. The first-order chi connectivity index (χ1) is 11.6. The first-order valence-corrected chi connectivity index (χ1v) is 8.36. The normalized spacial score (nSPS) is 11.6. The number of hydrogen-bond donors (Lipinski definition) is 2. The average molecular weight is 326 g/mol. The van der Waals surface area contributed by atoms with E-state index in [0.29, 0.717) is 13.2 Å². The van der Waals surface area contributed by atoms with Gasteiger partial charge in [0.2, 0.25) is 0 Å².